The second-order valence-corrected chi connectivity index (χ2v) is 5.12. The van der Waals surface area contributed by atoms with Gasteiger partial charge in [0.25, 0.3) is 0 Å². The Labute approximate surface area is 77.6 Å². The summed E-state index contributed by atoms with van der Waals surface area (Å²) in [6, 6.07) is 0. The van der Waals surface area contributed by atoms with Crippen molar-refractivity contribution in [3.8, 4) is 0 Å². The molecule has 2 saturated carbocycles. The molecular weight excluding hydrogens is 164 g/mol. The van der Waals surface area contributed by atoms with E-state index in [2.05, 4.69) is 13.0 Å². The van der Waals surface area contributed by atoms with Gasteiger partial charge >= 0.3 is 0 Å². The SMILES string of the molecule is C[C@@]12CC[C@]3(O)C(=O)[C@@H](C=C[C@H]13)C2. The molecule has 0 aromatic rings. The summed E-state index contributed by atoms with van der Waals surface area (Å²) in [4.78, 5) is 11.8. The van der Waals surface area contributed by atoms with Gasteiger partial charge in [0.05, 0.1) is 0 Å². The molecule has 0 heterocycles. The molecule has 0 radical (unpaired) electrons. The Morgan fingerprint density at radius 3 is 2.92 bits per heavy atom. The lowest BCUT2D eigenvalue weighted by Crippen LogP contribution is -2.55. The summed E-state index contributed by atoms with van der Waals surface area (Å²) >= 11 is 0. The van der Waals surface area contributed by atoms with Gasteiger partial charge in [-0.15, -0.1) is 0 Å². The van der Waals surface area contributed by atoms with Crippen LogP contribution in [0.3, 0.4) is 0 Å². The molecule has 4 aliphatic carbocycles. The fourth-order valence-electron chi connectivity index (χ4n) is 3.58. The van der Waals surface area contributed by atoms with Crippen molar-refractivity contribution in [2.45, 2.75) is 31.8 Å². The van der Waals surface area contributed by atoms with Crippen molar-refractivity contribution in [2.24, 2.45) is 17.3 Å². The summed E-state index contributed by atoms with van der Waals surface area (Å²) in [6.07, 6.45) is 6.70. The maximum absolute atomic E-state index is 11.8. The smallest absolute Gasteiger partial charge is 0.171 e. The second-order valence-electron chi connectivity index (χ2n) is 5.12. The molecular formula is C11H14O2. The van der Waals surface area contributed by atoms with E-state index >= 15 is 0 Å². The zero-order valence-electron chi connectivity index (χ0n) is 7.79. The number of Topliss-reactive ketones (excluding diaryl/α,β-unsaturated/α-hetero) is 1. The maximum Gasteiger partial charge on any atom is 0.171 e. The molecule has 4 rings (SSSR count). The van der Waals surface area contributed by atoms with Crippen LogP contribution in [-0.2, 0) is 4.79 Å². The lowest BCUT2D eigenvalue weighted by Gasteiger charge is -2.47. The van der Waals surface area contributed by atoms with Crippen molar-refractivity contribution in [1.82, 2.24) is 0 Å². The summed E-state index contributed by atoms with van der Waals surface area (Å²) in [5.41, 5.74) is -0.797. The molecule has 0 spiro atoms. The largest absolute Gasteiger partial charge is 0.381 e. The Kier molecular flexibility index (Phi) is 1.13. The molecule has 0 saturated heterocycles. The predicted octanol–water partition coefficient (Wildman–Crippen LogP) is 1.29. The van der Waals surface area contributed by atoms with Gasteiger partial charge in [-0.3, -0.25) is 4.79 Å². The minimum atomic E-state index is -0.994. The molecule has 1 N–H and O–H groups in total. The number of allylic oxidation sites excluding steroid dienone is 1. The highest BCUT2D eigenvalue weighted by Gasteiger charge is 2.63. The summed E-state index contributed by atoms with van der Waals surface area (Å²) in [7, 11) is 0. The van der Waals surface area contributed by atoms with Crippen molar-refractivity contribution < 1.29 is 9.90 Å². The molecule has 2 heteroatoms. The molecule has 70 valence electrons. The van der Waals surface area contributed by atoms with E-state index in [0.29, 0.717) is 6.42 Å². The van der Waals surface area contributed by atoms with Crippen LogP contribution in [0, 0.1) is 17.3 Å². The third-order valence-electron chi connectivity index (χ3n) is 4.33. The normalized spacial score (nSPS) is 57.5. The minimum Gasteiger partial charge on any atom is -0.381 e. The molecule has 0 aliphatic heterocycles. The van der Waals surface area contributed by atoms with Crippen molar-refractivity contribution in [2.75, 3.05) is 0 Å². The Morgan fingerprint density at radius 2 is 2.23 bits per heavy atom. The maximum atomic E-state index is 11.8. The number of carbonyl (C=O) groups is 1. The second kappa shape index (κ2) is 1.90. The van der Waals surface area contributed by atoms with Gasteiger partial charge in [-0.05, 0) is 24.7 Å². The first-order valence-electron chi connectivity index (χ1n) is 5.01. The van der Waals surface area contributed by atoms with E-state index in [9.17, 15) is 9.90 Å². The van der Waals surface area contributed by atoms with Crippen LogP contribution < -0.4 is 0 Å². The Hall–Kier alpha value is -0.630. The highest BCUT2D eigenvalue weighted by Crippen LogP contribution is 2.60. The van der Waals surface area contributed by atoms with Crippen LogP contribution in [0.15, 0.2) is 12.2 Å². The number of ketones is 1. The van der Waals surface area contributed by atoms with Gasteiger partial charge in [-0.2, -0.15) is 0 Å². The number of hydrogen-bond donors (Lipinski definition) is 1. The quantitative estimate of drug-likeness (QED) is 0.567. The number of aliphatic hydroxyl groups is 1. The van der Waals surface area contributed by atoms with Gasteiger partial charge in [0.1, 0.15) is 5.60 Å². The van der Waals surface area contributed by atoms with E-state index in [0.717, 1.165) is 12.8 Å². The molecule has 0 amide bonds. The lowest BCUT2D eigenvalue weighted by molar-refractivity contribution is -0.152. The van der Waals surface area contributed by atoms with Gasteiger partial charge in [0, 0.05) is 11.8 Å². The van der Waals surface area contributed by atoms with Crippen LogP contribution in [0.1, 0.15) is 26.2 Å². The van der Waals surface area contributed by atoms with Crippen LogP contribution in [0.5, 0.6) is 0 Å². The third kappa shape index (κ3) is 0.678. The zero-order chi connectivity index (χ0) is 9.27. The van der Waals surface area contributed by atoms with Crippen molar-refractivity contribution >= 4 is 5.78 Å². The van der Waals surface area contributed by atoms with Crippen molar-refractivity contribution in [1.29, 1.82) is 0 Å². The standard InChI is InChI=1S/C11H14O2/c1-10-4-5-11(13)8(10)3-2-7(6-10)9(11)12/h2-3,7-8,13H,4-6H2,1H3/t7-,8+,10-,11+/m0/s1. The van der Waals surface area contributed by atoms with Crippen LogP contribution in [0.25, 0.3) is 0 Å². The first-order chi connectivity index (χ1) is 6.06. The summed E-state index contributed by atoms with van der Waals surface area (Å²) < 4.78 is 0. The van der Waals surface area contributed by atoms with Crippen LogP contribution in [-0.4, -0.2) is 16.5 Å². The Balaban J connectivity index is 2.20. The lowest BCUT2D eigenvalue weighted by atomic mass is 9.58. The van der Waals surface area contributed by atoms with E-state index in [1.54, 1.807) is 0 Å². The van der Waals surface area contributed by atoms with Gasteiger partial charge in [-0.25, -0.2) is 0 Å². The van der Waals surface area contributed by atoms with Gasteiger partial charge in [0.15, 0.2) is 5.78 Å². The molecule has 0 aromatic carbocycles. The average Bonchev–Trinajstić information content (AvgIpc) is 2.33. The van der Waals surface area contributed by atoms with Crippen molar-refractivity contribution in [3.05, 3.63) is 12.2 Å². The summed E-state index contributed by atoms with van der Waals surface area (Å²) in [5, 5.41) is 10.2. The molecule has 13 heavy (non-hydrogen) atoms. The number of rotatable bonds is 0. The van der Waals surface area contributed by atoms with Crippen LogP contribution in [0.4, 0.5) is 0 Å². The van der Waals surface area contributed by atoms with E-state index < -0.39 is 5.60 Å². The number of carbonyl (C=O) groups excluding carboxylic acids is 1. The topological polar surface area (TPSA) is 37.3 Å². The predicted molar refractivity (Wildman–Crippen MR) is 48.0 cm³/mol. The fraction of sp³-hybridized carbons (Fsp3) is 0.727. The average molecular weight is 178 g/mol. The van der Waals surface area contributed by atoms with E-state index in [4.69, 9.17) is 0 Å². The zero-order valence-corrected chi connectivity index (χ0v) is 7.79. The summed E-state index contributed by atoms with van der Waals surface area (Å²) in [5.74, 6) is 0.176. The van der Waals surface area contributed by atoms with E-state index in [1.807, 2.05) is 6.08 Å². The third-order valence-corrected chi connectivity index (χ3v) is 4.33. The first-order valence-corrected chi connectivity index (χ1v) is 5.01. The van der Waals surface area contributed by atoms with E-state index in [-0.39, 0.29) is 23.0 Å². The van der Waals surface area contributed by atoms with Crippen LogP contribution >= 0.6 is 0 Å². The minimum absolute atomic E-state index is 0.00231. The molecule has 2 nitrogen and oxygen atoms in total. The molecule has 0 aromatic heterocycles. The first kappa shape index (κ1) is 7.74. The fourth-order valence-corrected chi connectivity index (χ4v) is 3.58. The van der Waals surface area contributed by atoms with Crippen LogP contribution in [0.2, 0.25) is 0 Å². The highest BCUT2D eigenvalue weighted by atomic mass is 16.3. The van der Waals surface area contributed by atoms with Crippen molar-refractivity contribution in [3.63, 3.8) is 0 Å². The highest BCUT2D eigenvalue weighted by molar-refractivity contribution is 5.94. The molecule has 2 fully saturated rings. The monoisotopic (exact) mass is 178 g/mol. The number of hydrogen-bond acceptors (Lipinski definition) is 2. The molecule has 4 atom stereocenters. The summed E-state index contributed by atoms with van der Waals surface area (Å²) in [6.45, 7) is 2.21. The van der Waals surface area contributed by atoms with E-state index in [1.165, 1.54) is 0 Å². The Morgan fingerprint density at radius 1 is 1.46 bits per heavy atom. The van der Waals surface area contributed by atoms with Gasteiger partial charge < -0.3 is 5.11 Å². The molecule has 4 bridgehead atoms. The Bertz CT molecular complexity index is 320. The van der Waals surface area contributed by atoms with Gasteiger partial charge in [-0.1, -0.05) is 19.1 Å². The van der Waals surface area contributed by atoms with Gasteiger partial charge in [0.2, 0.25) is 0 Å². The molecule has 0 unspecified atom stereocenters. The molecule has 4 aliphatic rings.